The van der Waals surface area contributed by atoms with Crippen LogP contribution in [0, 0.1) is 3.57 Å². The Morgan fingerprint density at radius 1 is 1.59 bits per heavy atom. The molecular weight excluding hydrogens is 369 g/mol. The minimum Gasteiger partial charge on any atom is -0.337 e. The Hall–Kier alpha value is 0.0600. The fraction of sp³-hybridized carbons (Fsp3) is 0.417. The fourth-order valence-electron chi connectivity index (χ4n) is 1.81. The average Bonchev–Trinajstić information content (AvgIpc) is 2.32. The van der Waals surface area contributed by atoms with E-state index in [9.17, 15) is 4.79 Å². The van der Waals surface area contributed by atoms with Crippen molar-refractivity contribution in [2.45, 2.75) is 12.2 Å². The van der Waals surface area contributed by atoms with E-state index in [1.165, 1.54) is 0 Å². The van der Waals surface area contributed by atoms with Gasteiger partial charge in [-0.2, -0.15) is 11.8 Å². The molecule has 0 aliphatic carbocycles. The number of nitrogens with zero attached hydrogens (tertiary/aromatic N) is 1. The summed E-state index contributed by atoms with van der Waals surface area (Å²) in [5.74, 6) is 1.11. The molecule has 1 aromatic carbocycles. The van der Waals surface area contributed by atoms with Crippen molar-refractivity contribution in [3.63, 3.8) is 0 Å². The van der Waals surface area contributed by atoms with Crippen molar-refractivity contribution in [1.82, 2.24) is 4.90 Å². The zero-order valence-corrected chi connectivity index (χ0v) is 13.2. The van der Waals surface area contributed by atoms with Crippen LogP contribution in [0.15, 0.2) is 18.2 Å². The average molecular weight is 382 g/mol. The zero-order chi connectivity index (χ0) is 12.4. The van der Waals surface area contributed by atoms with E-state index >= 15 is 0 Å². The highest BCUT2D eigenvalue weighted by Crippen LogP contribution is 2.23. The van der Waals surface area contributed by atoms with Crippen LogP contribution < -0.4 is 0 Å². The van der Waals surface area contributed by atoms with Crippen molar-refractivity contribution >= 4 is 51.9 Å². The molecule has 1 aliphatic rings. The van der Waals surface area contributed by atoms with Crippen LogP contribution in [0.1, 0.15) is 17.3 Å². The molecule has 1 saturated heterocycles. The first-order valence-electron chi connectivity index (χ1n) is 5.44. The van der Waals surface area contributed by atoms with Gasteiger partial charge in [0.25, 0.3) is 5.91 Å². The molecule has 92 valence electrons. The van der Waals surface area contributed by atoms with E-state index in [4.69, 9.17) is 11.6 Å². The smallest absolute Gasteiger partial charge is 0.253 e. The van der Waals surface area contributed by atoms with Gasteiger partial charge in [0.1, 0.15) is 0 Å². The maximum atomic E-state index is 12.3. The van der Waals surface area contributed by atoms with Gasteiger partial charge in [0.05, 0.1) is 5.02 Å². The third-order valence-corrected chi connectivity index (χ3v) is 5.40. The molecular formula is C12H13ClINOS. The van der Waals surface area contributed by atoms with E-state index in [-0.39, 0.29) is 5.91 Å². The molecule has 1 aliphatic heterocycles. The maximum absolute atomic E-state index is 12.3. The summed E-state index contributed by atoms with van der Waals surface area (Å²) in [5, 5.41) is 1.17. The third kappa shape index (κ3) is 3.29. The Bertz CT molecular complexity index is 441. The summed E-state index contributed by atoms with van der Waals surface area (Å²) in [6, 6.07) is 5.50. The largest absolute Gasteiger partial charge is 0.337 e. The number of benzene rings is 1. The van der Waals surface area contributed by atoms with Crippen molar-refractivity contribution in [2.24, 2.45) is 0 Å². The van der Waals surface area contributed by atoms with E-state index in [2.05, 4.69) is 29.5 Å². The molecule has 1 unspecified atom stereocenters. The van der Waals surface area contributed by atoms with Crippen LogP contribution in [-0.2, 0) is 0 Å². The lowest BCUT2D eigenvalue weighted by Gasteiger charge is -2.30. The number of carbonyl (C=O) groups excluding carboxylic acids is 1. The van der Waals surface area contributed by atoms with E-state index in [0.29, 0.717) is 15.8 Å². The van der Waals surface area contributed by atoms with E-state index < -0.39 is 0 Å². The number of amides is 1. The van der Waals surface area contributed by atoms with Crippen LogP contribution in [0.4, 0.5) is 0 Å². The molecule has 0 bridgehead atoms. The molecule has 1 heterocycles. The molecule has 0 spiro atoms. The Morgan fingerprint density at radius 3 is 3.00 bits per heavy atom. The van der Waals surface area contributed by atoms with Crippen molar-refractivity contribution in [2.75, 3.05) is 18.8 Å². The van der Waals surface area contributed by atoms with Gasteiger partial charge in [-0.15, -0.1) is 0 Å². The number of hydrogen-bond acceptors (Lipinski definition) is 2. The van der Waals surface area contributed by atoms with Crippen LogP contribution >= 0.6 is 46.0 Å². The second-order valence-corrected chi connectivity index (χ2v) is 7.18. The van der Waals surface area contributed by atoms with Crippen LogP contribution in [0.2, 0.25) is 5.02 Å². The van der Waals surface area contributed by atoms with E-state index in [0.717, 1.165) is 22.4 Å². The number of halogens is 2. The Balaban J connectivity index is 2.15. The molecule has 5 heteroatoms. The van der Waals surface area contributed by atoms with Crippen molar-refractivity contribution < 1.29 is 4.79 Å². The normalized spacial score (nSPS) is 20.4. The standard InChI is InChI=1S/C12H13ClINOS/c1-8-7-15(4-5-17-8)12(16)9-2-3-11(14)10(13)6-9/h2-3,6,8H,4-5,7H2,1H3. The molecule has 1 aromatic rings. The summed E-state index contributed by atoms with van der Waals surface area (Å²) < 4.78 is 0.975. The monoisotopic (exact) mass is 381 g/mol. The summed E-state index contributed by atoms with van der Waals surface area (Å²) in [5.41, 5.74) is 0.689. The van der Waals surface area contributed by atoms with Crippen LogP contribution in [-0.4, -0.2) is 34.9 Å². The highest BCUT2D eigenvalue weighted by Gasteiger charge is 2.22. The molecule has 1 amide bonds. The summed E-state index contributed by atoms with van der Waals surface area (Å²) in [6.45, 7) is 3.82. The number of carbonyl (C=O) groups is 1. The first kappa shape index (κ1) is 13.5. The van der Waals surface area contributed by atoms with Gasteiger partial charge in [0, 0.05) is 33.2 Å². The van der Waals surface area contributed by atoms with Crippen LogP contribution in [0.3, 0.4) is 0 Å². The van der Waals surface area contributed by atoms with Gasteiger partial charge in [-0.1, -0.05) is 18.5 Å². The number of hydrogen-bond donors (Lipinski definition) is 0. The highest BCUT2D eigenvalue weighted by atomic mass is 127. The zero-order valence-electron chi connectivity index (χ0n) is 9.45. The predicted octanol–water partition coefficient (Wildman–Crippen LogP) is 3.52. The summed E-state index contributed by atoms with van der Waals surface area (Å²) >= 11 is 10.1. The van der Waals surface area contributed by atoms with Crippen molar-refractivity contribution in [3.05, 3.63) is 32.4 Å². The second kappa shape index (κ2) is 5.80. The topological polar surface area (TPSA) is 20.3 Å². The molecule has 0 saturated carbocycles. The fourth-order valence-corrected chi connectivity index (χ4v) is 3.34. The minimum absolute atomic E-state index is 0.0930. The van der Waals surface area contributed by atoms with Gasteiger partial charge in [-0.05, 0) is 40.8 Å². The van der Waals surface area contributed by atoms with Crippen LogP contribution in [0.25, 0.3) is 0 Å². The summed E-state index contributed by atoms with van der Waals surface area (Å²) in [4.78, 5) is 14.2. The first-order chi connectivity index (χ1) is 8.08. The first-order valence-corrected chi connectivity index (χ1v) is 7.94. The quantitative estimate of drug-likeness (QED) is 0.694. The molecule has 1 fully saturated rings. The van der Waals surface area contributed by atoms with Crippen LogP contribution in [0.5, 0.6) is 0 Å². The number of thioether (sulfide) groups is 1. The van der Waals surface area contributed by atoms with Gasteiger partial charge in [0.2, 0.25) is 0 Å². The second-order valence-electron chi connectivity index (χ2n) is 4.06. The third-order valence-electron chi connectivity index (χ3n) is 2.69. The Kier molecular flexibility index (Phi) is 4.60. The predicted molar refractivity (Wildman–Crippen MR) is 82.0 cm³/mol. The van der Waals surface area contributed by atoms with E-state index in [1.807, 2.05) is 28.8 Å². The van der Waals surface area contributed by atoms with Gasteiger partial charge in [0.15, 0.2) is 0 Å². The number of rotatable bonds is 1. The van der Waals surface area contributed by atoms with Crippen molar-refractivity contribution in [1.29, 1.82) is 0 Å². The van der Waals surface area contributed by atoms with Gasteiger partial charge in [-0.3, -0.25) is 4.79 Å². The lowest BCUT2D eigenvalue weighted by atomic mass is 10.2. The van der Waals surface area contributed by atoms with Crippen molar-refractivity contribution in [3.8, 4) is 0 Å². The van der Waals surface area contributed by atoms with Gasteiger partial charge >= 0.3 is 0 Å². The Labute approximate surface area is 124 Å². The molecule has 0 aromatic heterocycles. The molecule has 17 heavy (non-hydrogen) atoms. The summed E-state index contributed by atoms with van der Waals surface area (Å²) in [7, 11) is 0. The molecule has 1 atom stereocenters. The lowest BCUT2D eigenvalue weighted by Crippen LogP contribution is -2.41. The molecule has 2 rings (SSSR count). The van der Waals surface area contributed by atoms with E-state index in [1.54, 1.807) is 6.07 Å². The maximum Gasteiger partial charge on any atom is 0.253 e. The minimum atomic E-state index is 0.0930. The molecule has 0 N–H and O–H groups in total. The van der Waals surface area contributed by atoms with Gasteiger partial charge in [-0.25, -0.2) is 0 Å². The molecule has 0 radical (unpaired) electrons. The highest BCUT2D eigenvalue weighted by molar-refractivity contribution is 14.1. The SMILES string of the molecule is CC1CN(C(=O)c2ccc(I)c(Cl)c2)CCS1. The van der Waals surface area contributed by atoms with Gasteiger partial charge < -0.3 is 4.90 Å². The molecule has 2 nitrogen and oxygen atoms in total. The lowest BCUT2D eigenvalue weighted by molar-refractivity contribution is 0.0763. The Morgan fingerprint density at radius 2 is 2.35 bits per heavy atom. The summed E-state index contributed by atoms with van der Waals surface area (Å²) in [6.07, 6.45) is 0.